The monoisotopic (exact) mass is 340 g/mol. The summed E-state index contributed by atoms with van der Waals surface area (Å²) in [5.74, 6) is 1.88. The predicted octanol–water partition coefficient (Wildman–Crippen LogP) is 3.46. The molecular formula is C17H25ClN2O3. The van der Waals surface area contributed by atoms with Crippen LogP contribution in [0.25, 0.3) is 0 Å². The minimum atomic E-state index is -0.0181. The highest BCUT2D eigenvalue weighted by molar-refractivity contribution is 6.33. The van der Waals surface area contributed by atoms with Crippen LogP contribution in [0.3, 0.4) is 0 Å². The van der Waals surface area contributed by atoms with Gasteiger partial charge in [-0.1, -0.05) is 18.5 Å². The Balaban J connectivity index is 1.88. The van der Waals surface area contributed by atoms with Gasteiger partial charge in [0, 0.05) is 18.2 Å². The van der Waals surface area contributed by atoms with Crippen LogP contribution in [0.2, 0.25) is 5.02 Å². The summed E-state index contributed by atoms with van der Waals surface area (Å²) in [6.45, 7) is 2.44. The largest absolute Gasteiger partial charge is 0.493 e. The maximum atomic E-state index is 12.1. The number of ether oxygens (including phenoxy) is 2. The normalized spacial score (nSPS) is 20.7. The van der Waals surface area contributed by atoms with Crippen LogP contribution in [-0.4, -0.2) is 32.7 Å². The van der Waals surface area contributed by atoms with Crippen LogP contribution in [0.15, 0.2) is 12.1 Å². The minimum Gasteiger partial charge on any atom is -0.493 e. The molecule has 0 spiro atoms. The number of hydrogen-bond acceptors (Lipinski definition) is 4. The van der Waals surface area contributed by atoms with E-state index in [2.05, 4.69) is 17.6 Å². The molecule has 5 nitrogen and oxygen atoms in total. The lowest BCUT2D eigenvalue weighted by Gasteiger charge is -2.27. The van der Waals surface area contributed by atoms with Gasteiger partial charge in [-0.2, -0.15) is 0 Å². The van der Waals surface area contributed by atoms with Crippen molar-refractivity contribution in [3.63, 3.8) is 0 Å². The first-order valence-corrected chi connectivity index (χ1v) is 8.36. The van der Waals surface area contributed by atoms with Crippen LogP contribution >= 0.6 is 11.6 Å². The van der Waals surface area contributed by atoms with Gasteiger partial charge >= 0.3 is 0 Å². The topological polar surface area (TPSA) is 59.6 Å². The number of carbonyl (C=O) groups excluding carboxylic acids is 1. The molecule has 2 N–H and O–H groups in total. The van der Waals surface area contributed by atoms with Gasteiger partial charge in [0.25, 0.3) is 0 Å². The number of methoxy groups -OCH3 is 2. The van der Waals surface area contributed by atoms with Crippen molar-refractivity contribution in [2.24, 2.45) is 5.92 Å². The molecule has 1 aromatic carbocycles. The highest BCUT2D eigenvalue weighted by Crippen LogP contribution is 2.35. The highest BCUT2D eigenvalue weighted by Gasteiger charge is 2.19. The average molecular weight is 341 g/mol. The molecule has 128 valence electrons. The van der Waals surface area contributed by atoms with E-state index in [9.17, 15) is 4.79 Å². The molecule has 23 heavy (non-hydrogen) atoms. The molecule has 0 aromatic heterocycles. The number of halogens is 1. The van der Waals surface area contributed by atoms with Crippen molar-refractivity contribution < 1.29 is 14.3 Å². The van der Waals surface area contributed by atoms with Gasteiger partial charge in [0.2, 0.25) is 5.91 Å². The first-order chi connectivity index (χ1) is 11.0. The molecule has 0 bridgehead atoms. The third-order valence-corrected chi connectivity index (χ3v) is 4.61. The van der Waals surface area contributed by atoms with Crippen LogP contribution in [0.5, 0.6) is 11.5 Å². The second-order valence-electron chi connectivity index (χ2n) is 6.06. The summed E-state index contributed by atoms with van der Waals surface area (Å²) in [5.41, 5.74) is 0.650. The fourth-order valence-electron chi connectivity index (χ4n) is 2.85. The van der Waals surface area contributed by atoms with E-state index in [1.165, 1.54) is 12.8 Å². The van der Waals surface area contributed by atoms with Gasteiger partial charge in [0.15, 0.2) is 11.5 Å². The van der Waals surface area contributed by atoms with Crippen molar-refractivity contribution in [1.29, 1.82) is 0 Å². The number of benzene rings is 1. The standard InChI is InChI=1S/C17H25ClN2O3/c1-11-4-6-12(7-5-11)20-17(21)10-19-14-9-16(23-3)15(22-2)8-13(14)18/h8-9,11-12,19H,4-7,10H2,1-3H3,(H,20,21). The molecule has 1 amide bonds. The van der Waals surface area contributed by atoms with E-state index in [4.69, 9.17) is 21.1 Å². The Hall–Kier alpha value is -1.62. The number of nitrogens with one attached hydrogen (secondary N) is 2. The van der Waals surface area contributed by atoms with Crippen molar-refractivity contribution in [3.8, 4) is 11.5 Å². The van der Waals surface area contributed by atoms with Gasteiger partial charge in [-0.15, -0.1) is 0 Å². The van der Waals surface area contributed by atoms with Crippen molar-refractivity contribution >= 4 is 23.2 Å². The molecule has 1 fully saturated rings. The zero-order valence-electron chi connectivity index (χ0n) is 13.9. The van der Waals surface area contributed by atoms with Gasteiger partial charge in [0.05, 0.1) is 31.5 Å². The maximum Gasteiger partial charge on any atom is 0.239 e. The zero-order valence-corrected chi connectivity index (χ0v) is 14.7. The second-order valence-corrected chi connectivity index (χ2v) is 6.47. The summed E-state index contributed by atoms with van der Waals surface area (Å²) < 4.78 is 10.4. The van der Waals surface area contributed by atoms with Crippen molar-refractivity contribution in [2.45, 2.75) is 38.6 Å². The Morgan fingerprint density at radius 3 is 2.39 bits per heavy atom. The number of anilines is 1. The third kappa shape index (κ3) is 4.93. The molecule has 0 heterocycles. The quantitative estimate of drug-likeness (QED) is 0.832. The fourth-order valence-corrected chi connectivity index (χ4v) is 3.07. The maximum absolute atomic E-state index is 12.1. The number of rotatable bonds is 6. The van der Waals surface area contributed by atoms with E-state index in [0.29, 0.717) is 28.3 Å². The summed E-state index contributed by atoms with van der Waals surface area (Å²) in [7, 11) is 3.12. The molecule has 1 saturated carbocycles. The summed E-state index contributed by atoms with van der Waals surface area (Å²) in [6.07, 6.45) is 4.48. The van der Waals surface area contributed by atoms with Gasteiger partial charge in [-0.25, -0.2) is 0 Å². The Labute approximate surface area is 142 Å². The lowest BCUT2D eigenvalue weighted by Crippen LogP contribution is -2.40. The molecule has 0 aliphatic heterocycles. The van der Waals surface area contributed by atoms with Crippen LogP contribution in [0.1, 0.15) is 32.6 Å². The second kappa shape index (κ2) is 8.29. The zero-order chi connectivity index (χ0) is 16.8. The first-order valence-electron chi connectivity index (χ1n) is 7.98. The summed E-state index contributed by atoms with van der Waals surface area (Å²) in [4.78, 5) is 12.1. The molecule has 0 atom stereocenters. The van der Waals surface area contributed by atoms with Crippen molar-refractivity contribution in [2.75, 3.05) is 26.1 Å². The van der Waals surface area contributed by atoms with Gasteiger partial charge in [-0.3, -0.25) is 4.79 Å². The molecule has 1 aromatic rings. The number of hydrogen-bond donors (Lipinski definition) is 2. The van der Waals surface area contributed by atoms with E-state index in [1.54, 1.807) is 26.4 Å². The lowest BCUT2D eigenvalue weighted by molar-refractivity contribution is -0.120. The Morgan fingerprint density at radius 1 is 1.17 bits per heavy atom. The predicted molar refractivity (Wildman–Crippen MR) is 92.6 cm³/mol. The van der Waals surface area contributed by atoms with Crippen LogP contribution in [0, 0.1) is 5.92 Å². The number of carbonyl (C=O) groups is 1. The Morgan fingerprint density at radius 2 is 1.78 bits per heavy atom. The Bertz CT molecular complexity index is 543. The van der Waals surface area contributed by atoms with Crippen molar-refractivity contribution in [3.05, 3.63) is 17.2 Å². The van der Waals surface area contributed by atoms with E-state index in [-0.39, 0.29) is 12.5 Å². The van der Waals surface area contributed by atoms with E-state index in [1.807, 2.05) is 0 Å². The lowest BCUT2D eigenvalue weighted by atomic mass is 9.87. The molecule has 6 heteroatoms. The molecule has 2 rings (SSSR count). The van der Waals surface area contributed by atoms with E-state index < -0.39 is 0 Å². The molecular weight excluding hydrogens is 316 g/mol. The molecule has 0 saturated heterocycles. The smallest absolute Gasteiger partial charge is 0.239 e. The molecule has 1 aliphatic rings. The van der Waals surface area contributed by atoms with Crippen LogP contribution in [0.4, 0.5) is 5.69 Å². The molecule has 1 aliphatic carbocycles. The summed E-state index contributed by atoms with van der Waals surface area (Å²) in [6, 6.07) is 3.70. The summed E-state index contributed by atoms with van der Waals surface area (Å²) in [5, 5.41) is 6.63. The fraction of sp³-hybridized carbons (Fsp3) is 0.588. The third-order valence-electron chi connectivity index (χ3n) is 4.29. The minimum absolute atomic E-state index is 0.0181. The first kappa shape index (κ1) is 17.7. The number of amides is 1. The van der Waals surface area contributed by atoms with Crippen LogP contribution in [-0.2, 0) is 4.79 Å². The average Bonchev–Trinajstić information content (AvgIpc) is 2.55. The van der Waals surface area contributed by atoms with Gasteiger partial charge in [0.1, 0.15) is 0 Å². The highest BCUT2D eigenvalue weighted by atomic mass is 35.5. The summed E-state index contributed by atoms with van der Waals surface area (Å²) >= 11 is 6.20. The molecule has 0 unspecified atom stereocenters. The molecule has 0 radical (unpaired) electrons. The van der Waals surface area contributed by atoms with E-state index >= 15 is 0 Å². The van der Waals surface area contributed by atoms with E-state index in [0.717, 1.165) is 18.8 Å². The van der Waals surface area contributed by atoms with Crippen LogP contribution < -0.4 is 20.1 Å². The van der Waals surface area contributed by atoms with Crippen molar-refractivity contribution in [1.82, 2.24) is 5.32 Å². The van der Waals surface area contributed by atoms with Gasteiger partial charge in [-0.05, 0) is 31.6 Å². The SMILES string of the molecule is COc1cc(Cl)c(NCC(=O)NC2CCC(C)CC2)cc1OC. The van der Waals surface area contributed by atoms with Gasteiger partial charge < -0.3 is 20.1 Å². The Kier molecular flexibility index (Phi) is 6.39.